The molecule has 0 heterocycles. The highest BCUT2D eigenvalue weighted by molar-refractivity contribution is 5.29. The lowest BCUT2D eigenvalue weighted by atomic mass is 9.66. The second-order valence-corrected chi connectivity index (χ2v) is 9.15. The van der Waals surface area contributed by atoms with Crippen molar-refractivity contribution < 1.29 is 17.9 Å². The Bertz CT molecular complexity index is 579. The molecule has 1 nitrogen and oxygen atoms in total. The van der Waals surface area contributed by atoms with Gasteiger partial charge in [-0.25, -0.2) is 0 Å². The molecular weight excluding hydrogens is 361 g/mol. The number of alkyl halides is 3. The van der Waals surface area contributed by atoms with E-state index in [-0.39, 0.29) is 5.75 Å². The number of hydrogen-bond acceptors (Lipinski definition) is 1. The Kier molecular flexibility index (Phi) is 7.33. The SMILES string of the molecule is CCCC1CCC(C2CCC(C(C)c3ccc(OC(F)(F)F)cc3)CC2)CC1. The molecule has 1 atom stereocenters. The van der Waals surface area contributed by atoms with Crippen molar-refractivity contribution in [2.45, 2.75) is 90.3 Å². The molecule has 0 radical (unpaired) electrons. The van der Waals surface area contributed by atoms with E-state index < -0.39 is 6.36 Å². The van der Waals surface area contributed by atoms with E-state index in [2.05, 4.69) is 18.6 Å². The van der Waals surface area contributed by atoms with Crippen LogP contribution in [0.3, 0.4) is 0 Å². The van der Waals surface area contributed by atoms with Gasteiger partial charge < -0.3 is 4.74 Å². The Morgan fingerprint density at radius 3 is 1.93 bits per heavy atom. The quantitative estimate of drug-likeness (QED) is 0.472. The molecule has 0 spiro atoms. The molecule has 4 heteroatoms. The van der Waals surface area contributed by atoms with Crippen molar-refractivity contribution in [1.29, 1.82) is 0 Å². The first-order valence-electron chi connectivity index (χ1n) is 11.2. The Labute approximate surface area is 168 Å². The van der Waals surface area contributed by atoms with Gasteiger partial charge in [-0.1, -0.05) is 51.7 Å². The van der Waals surface area contributed by atoms with Gasteiger partial charge in [0, 0.05) is 0 Å². The summed E-state index contributed by atoms with van der Waals surface area (Å²) in [4.78, 5) is 0. The fraction of sp³-hybridized carbons (Fsp3) is 0.750. The van der Waals surface area contributed by atoms with E-state index in [1.165, 1.54) is 76.3 Å². The highest BCUT2D eigenvalue weighted by Crippen LogP contribution is 2.45. The summed E-state index contributed by atoms with van der Waals surface area (Å²) < 4.78 is 40.9. The first kappa shape index (κ1) is 21.5. The maximum Gasteiger partial charge on any atom is 0.573 e. The van der Waals surface area contributed by atoms with Gasteiger partial charge >= 0.3 is 6.36 Å². The van der Waals surface area contributed by atoms with Crippen LogP contribution in [0.2, 0.25) is 0 Å². The molecular formula is C24H35F3O. The molecule has 2 aliphatic carbocycles. The van der Waals surface area contributed by atoms with Crippen LogP contribution in [-0.4, -0.2) is 6.36 Å². The molecule has 1 aromatic rings. The van der Waals surface area contributed by atoms with Crippen molar-refractivity contribution in [3.05, 3.63) is 29.8 Å². The third kappa shape index (κ3) is 5.90. The molecule has 1 aromatic carbocycles. The van der Waals surface area contributed by atoms with Gasteiger partial charge in [0.1, 0.15) is 5.75 Å². The van der Waals surface area contributed by atoms with E-state index in [1.54, 1.807) is 12.1 Å². The van der Waals surface area contributed by atoms with Gasteiger partial charge in [0.25, 0.3) is 0 Å². The normalized spacial score (nSPS) is 30.0. The number of benzene rings is 1. The van der Waals surface area contributed by atoms with Crippen molar-refractivity contribution in [2.24, 2.45) is 23.7 Å². The molecule has 1 unspecified atom stereocenters. The van der Waals surface area contributed by atoms with Gasteiger partial charge in [0.15, 0.2) is 0 Å². The molecule has 2 fully saturated rings. The minimum Gasteiger partial charge on any atom is -0.406 e. The third-order valence-electron chi connectivity index (χ3n) is 7.42. The molecule has 3 rings (SSSR count). The molecule has 2 aliphatic rings. The lowest BCUT2D eigenvalue weighted by molar-refractivity contribution is -0.274. The van der Waals surface area contributed by atoms with Crippen LogP contribution in [-0.2, 0) is 0 Å². The van der Waals surface area contributed by atoms with E-state index in [9.17, 15) is 13.2 Å². The topological polar surface area (TPSA) is 9.23 Å². The van der Waals surface area contributed by atoms with Crippen LogP contribution in [0.1, 0.15) is 89.5 Å². The highest BCUT2D eigenvalue weighted by Gasteiger charge is 2.33. The molecule has 158 valence electrons. The maximum atomic E-state index is 12.3. The fourth-order valence-electron chi connectivity index (χ4n) is 5.72. The van der Waals surface area contributed by atoms with E-state index >= 15 is 0 Å². The minimum absolute atomic E-state index is 0.133. The zero-order valence-corrected chi connectivity index (χ0v) is 17.3. The van der Waals surface area contributed by atoms with E-state index in [0.717, 1.165) is 23.3 Å². The first-order valence-corrected chi connectivity index (χ1v) is 11.2. The first-order chi connectivity index (χ1) is 13.4. The molecule has 0 aliphatic heterocycles. The van der Waals surface area contributed by atoms with Crippen LogP contribution >= 0.6 is 0 Å². The Morgan fingerprint density at radius 1 is 0.893 bits per heavy atom. The zero-order chi connectivity index (χ0) is 20.1. The molecule has 28 heavy (non-hydrogen) atoms. The number of rotatable bonds is 6. The van der Waals surface area contributed by atoms with Crippen LogP contribution in [0, 0.1) is 23.7 Å². The van der Waals surface area contributed by atoms with Crippen LogP contribution < -0.4 is 4.74 Å². The number of halogens is 3. The smallest absolute Gasteiger partial charge is 0.406 e. The summed E-state index contributed by atoms with van der Waals surface area (Å²) in [6.45, 7) is 4.52. The van der Waals surface area contributed by atoms with Gasteiger partial charge in [0.2, 0.25) is 0 Å². The summed E-state index contributed by atoms with van der Waals surface area (Å²) >= 11 is 0. The van der Waals surface area contributed by atoms with Crippen LogP contribution in [0.5, 0.6) is 5.75 Å². The summed E-state index contributed by atoms with van der Waals surface area (Å²) in [6, 6.07) is 6.49. The zero-order valence-electron chi connectivity index (χ0n) is 17.3. The predicted octanol–water partition coefficient (Wildman–Crippen LogP) is 8.10. The summed E-state index contributed by atoms with van der Waals surface area (Å²) in [5.41, 5.74) is 1.12. The van der Waals surface area contributed by atoms with Crippen molar-refractivity contribution in [3.8, 4) is 5.75 Å². The van der Waals surface area contributed by atoms with E-state index in [0.29, 0.717) is 11.8 Å². The molecule has 0 bridgehead atoms. The molecule has 0 saturated heterocycles. The Hall–Kier alpha value is -1.19. The second-order valence-electron chi connectivity index (χ2n) is 9.15. The average Bonchev–Trinajstić information content (AvgIpc) is 2.68. The third-order valence-corrected chi connectivity index (χ3v) is 7.42. The number of ether oxygens (including phenoxy) is 1. The summed E-state index contributed by atoms with van der Waals surface area (Å²) in [5, 5.41) is 0. The van der Waals surface area contributed by atoms with Crippen LogP contribution in [0.4, 0.5) is 13.2 Å². The average molecular weight is 397 g/mol. The maximum absolute atomic E-state index is 12.3. The fourth-order valence-corrected chi connectivity index (χ4v) is 5.72. The van der Waals surface area contributed by atoms with Crippen LogP contribution in [0.25, 0.3) is 0 Å². The van der Waals surface area contributed by atoms with E-state index in [1.807, 2.05) is 0 Å². The molecule has 0 amide bonds. The second kappa shape index (κ2) is 9.54. The van der Waals surface area contributed by atoms with Crippen molar-refractivity contribution >= 4 is 0 Å². The van der Waals surface area contributed by atoms with Gasteiger partial charge in [-0.15, -0.1) is 13.2 Å². The predicted molar refractivity (Wildman–Crippen MR) is 107 cm³/mol. The summed E-state index contributed by atoms with van der Waals surface area (Å²) in [7, 11) is 0. The van der Waals surface area contributed by atoms with Crippen LogP contribution in [0.15, 0.2) is 24.3 Å². The lowest BCUT2D eigenvalue weighted by Crippen LogP contribution is -2.27. The molecule has 0 aromatic heterocycles. The largest absolute Gasteiger partial charge is 0.573 e. The van der Waals surface area contributed by atoms with Gasteiger partial charge in [-0.05, 0) is 85.8 Å². The monoisotopic (exact) mass is 396 g/mol. The summed E-state index contributed by atoms with van der Waals surface area (Å²) in [6.07, 6.45) is 8.98. The number of hydrogen-bond donors (Lipinski definition) is 0. The van der Waals surface area contributed by atoms with Crippen molar-refractivity contribution in [1.82, 2.24) is 0 Å². The van der Waals surface area contributed by atoms with Gasteiger partial charge in [0.05, 0.1) is 0 Å². The van der Waals surface area contributed by atoms with Crippen molar-refractivity contribution in [2.75, 3.05) is 0 Å². The molecule has 2 saturated carbocycles. The van der Waals surface area contributed by atoms with Gasteiger partial charge in [-0.2, -0.15) is 0 Å². The summed E-state index contributed by atoms with van der Waals surface area (Å²) in [5.74, 6) is 3.70. The lowest BCUT2D eigenvalue weighted by Gasteiger charge is -2.39. The highest BCUT2D eigenvalue weighted by atomic mass is 19.4. The standard InChI is InChI=1S/C24H35F3O/c1-3-4-18-5-7-21(8-6-18)22-11-9-19(10-12-22)17(2)20-13-15-23(16-14-20)28-24(25,26)27/h13-19,21-22H,3-12H2,1-2H3. The van der Waals surface area contributed by atoms with Crippen molar-refractivity contribution in [3.63, 3.8) is 0 Å². The Morgan fingerprint density at radius 2 is 1.43 bits per heavy atom. The minimum atomic E-state index is -4.62. The van der Waals surface area contributed by atoms with E-state index in [4.69, 9.17) is 0 Å². The Balaban J connectivity index is 1.47. The molecule has 0 N–H and O–H groups in total. The van der Waals surface area contributed by atoms with Gasteiger partial charge in [-0.3, -0.25) is 0 Å².